The number of hydrogen-bond donors (Lipinski definition) is 2. The summed E-state index contributed by atoms with van der Waals surface area (Å²) < 4.78 is 36.8. The van der Waals surface area contributed by atoms with Crippen molar-refractivity contribution < 1.29 is 18.3 Å². The zero-order valence-corrected chi connectivity index (χ0v) is 16.0. The van der Waals surface area contributed by atoms with Gasteiger partial charge < -0.3 is 20.1 Å². The van der Waals surface area contributed by atoms with Gasteiger partial charge >= 0.3 is 0 Å². The predicted octanol–water partition coefficient (Wildman–Crippen LogP) is 2.70. The van der Waals surface area contributed by atoms with Gasteiger partial charge in [-0.05, 0) is 31.9 Å². The highest BCUT2D eigenvalue weighted by atomic mass is 127. The van der Waals surface area contributed by atoms with Crippen LogP contribution in [0.2, 0.25) is 0 Å². The molecule has 1 heterocycles. The molecule has 1 saturated heterocycles. The Hall–Kier alpha value is -1.16. The zero-order chi connectivity index (χ0) is 16.5. The molecular formula is C16H24F2IN3O2. The van der Waals surface area contributed by atoms with Crippen LogP contribution in [-0.4, -0.2) is 44.9 Å². The molecule has 5 nitrogen and oxygen atoms in total. The van der Waals surface area contributed by atoms with E-state index in [1.54, 1.807) is 0 Å². The molecule has 0 amide bonds. The minimum Gasteiger partial charge on any atom is -0.492 e. The summed E-state index contributed by atoms with van der Waals surface area (Å²) in [5.74, 6) is -0.808. The fourth-order valence-corrected chi connectivity index (χ4v) is 2.23. The average molecular weight is 455 g/mol. The van der Waals surface area contributed by atoms with Gasteiger partial charge in [-0.2, -0.15) is 0 Å². The Kier molecular flexibility index (Phi) is 9.92. The summed E-state index contributed by atoms with van der Waals surface area (Å²) in [5, 5.41) is 6.27. The van der Waals surface area contributed by atoms with Gasteiger partial charge in [0.15, 0.2) is 17.6 Å². The highest BCUT2D eigenvalue weighted by molar-refractivity contribution is 14.0. The summed E-state index contributed by atoms with van der Waals surface area (Å²) in [6.07, 6.45) is 2.33. The van der Waals surface area contributed by atoms with Crippen molar-refractivity contribution in [2.75, 3.05) is 32.8 Å². The molecule has 0 spiro atoms. The minimum atomic E-state index is -0.915. The van der Waals surface area contributed by atoms with Gasteiger partial charge in [0, 0.05) is 19.2 Å². The molecule has 1 aromatic carbocycles. The summed E-state index contributed by atoms with van der Waals surface area (Å²) in [5.41, 5.74) is 0. The van der Waals surface area contributed by atoms with E-state index < -0.39 is 11.6 Å². The highest BCUT2D eigenvalue weighted by Crippen LogP contribution is 2.15. The lowest BCUT2D eigenvalue weighted by Gasteiger charge is -2.13. The Balaban J connectivity index is 0.00000288. The molecule has 1 aromatic rings. The number of aliphatic imine (C=N–C) groups is 1. The van der Waals surface area contributed by atoms with Crippen LogP contribution in [-0.2, 0) is 4.74 Å². The molecule has 24 heavy (non-hydrogen) atoms. The van der Waals surface area contributed by atoms with Crippen LogP contribution in [0, 0.1) is 11.6 Å². The zero-order valence-electron chi connectivity index (χ0n) is 13.7. The highest BCUT2D eigenvalue weighted by Gasteiger charge is 2.14. The molecule has 2 rings (SSSR count). The Bertz CT molecular complexity index is 526. The number of halogens is 3. The maximum absolute atomic E-state index is 13.1. The van der Waals surface area contributed by atoms with Crippen LogP contribution in [0.4, 0.5) is 8.78 Å². The van der Waals surface area contributed by atoms with E-state index >= 15 is 0 Å². The maximum Gasteiger partial charge on any atom is 0.191 e. The van der Waals surface area contributed by atoms with Gasteiger partial charge in [0.05, 0.1) is 19.2 Å². The van der Waals surface area contributed by atoms with Crippen LogP contribution in [0.25, 0.3) is 0 Å². The predicted molar refractivity (Wildman–Crippen MR) is 100 cm³/mol. The average Bonchev–Trinajstić information content (AvgIpc) is 3.06. The molecule has 1 aliphatic heterocycles. The van der Waals surface area contributed by atoms with Crippen LogP contribution in [0.3, 0.4) is 0 Å². The smallest absolute Gasteiger partial charge is 0.191 e. The van der Waals surface area contributed by atoms with Crippen molar-refractivity contribution >= 4 is 29.9 Å². The quantitative estimate of drug-likeness (QED) is 0.288. The van der Waals surface area contributed by atoms with Crippen LogP contribution < -0.4 is 15.4 Å². The molecule has 1 unspecified atom stereocenters. The Morgan fingerprint density at radius 1 is 1.33 bits per heavy atom. The van der Waals surface area contributed by atoms with Gasteiger partial charge in [-0.1, -0.05) is 0 Å². The van der Waals surface area contributed by atoms with Crippen molar-refractivity contribution in [2.45, 2.75) is 25.9 Å². The van der Waals surface area contributed by atoms with Gasteiger partial charge in [0.2, 0.25) is 0 Å². The standard InChI is InChI=1S/C16H23F2N3O2.HI/c1-2-19-16(21-11-13-4-3-8-22-13)20-7-9-23-12-5-6-14(17)15(18)10-12;/h5-6,10,13H,2-4,7-9,11H2,1H3,(H2,19,20,21);1H. The third-order valence-electron chi connectivity index (χ3n) is 3.38. The summed E-state index contributed by atoms with van der Waals surface area (Å²) in [4.78, 5) is 4.47. The van der Waals surface area contributed by atoms with E-state index in [-0.39, 0.29) is 30.1 Å². The molecule has 0 aromatic heterocycles. The summed E-state index contributed by atoms with van der Waals surface area (Å²) in [7, 11) is 0. The van der Waals surface area contributed by atoms with Crippen LogP contribution in [0.15, 0.2) is 23.2 Å². The van der Waals surface area contributed by atoms with E-state index in [0.29, 0.717) is 31.4 Å². The number of rotatable bonds is 7. The Morgan fingerprint density at radius 2 is 2.17 bits per heavy atom. The van der Waals surface area contributed by atoms with Crippen molar-refractivity contribution in [3.8, 4) is 5.75 Å². The number of nitrogens with one attached hydrogen (secondary N) is 2. The van der Waals surface area contributed by atoms with Gasteiger partial charge in [-0.25, -0.2) is 8.78 Å². The second-order valence-corrected chi connectivity index (χ2v) is 5.21. The van der Waals surface area contributed by atoms with Crippen LogP contribution in [0.5, 0.6) is 5.75 Å². The summed E-state index contributed by atoms with van der Waals surface area (Å²) >= 11 is 0. The molecule has 2 N–H and O–H groups in total. The first kappa shape index (κ1) is 20.9. The third-order valence-corrected chi connectivity index (χ3v) is 3.38. The first-order valence-electron chi connectivity index (χ1n) is 7.90. The molecule has 1 aliphatic rings. The van der Waals surface area contributed by atoms with Crippen molar-refractivity contribution in [1.29, 1.82) is 0 Å². The first-order valence-corrected chi connectivity index (χ1v) is 7.90. The van der Waals surface area contributed by atoms with Crippen LogP contribution >= 0.6 is 24.0 Å². The van der Waals surface area contributed by atoms with Crippen molar-refractivity contribution in [2.24, 2.45) is 4.99 Å². The number of nitrogens with zero attached hydrogens (tertiary/aromatic N) is 1. The van der Waals surface area contributed by atoms with E-state index in [1.165, 1.54) is 6.07 Å². The number of hydrogen-bond acceptors (Lipinski definition) is 3. The second-order valence-electron chi connectivity index (χ2n) is 5.21. The fourth-order valence-electron chi connectivity index (χ4n) is 2.23. The van der Waals surface area contributed by atoms with Crippen LogP contribution in [0.1, 0.15) is 19.8 Å². The van der Waals surface area contributed by atoms with Gasteiger partial charge in [-0.3, -0.25) is 4.99 Å². The SMILES string of the molecule is CCNC(=NCC1CCCO1)NCCOc1ccc(F)c(F)c1.I. The normalized spacial score (nSPS) is 17.3. The Labute approximate surface area is 158 Å². The van der Waals surface area contributed by atoms with Crippen molar-refractivity contribution in [3.05, 3.63) is 29.8 Å². The fraction of sp³-hybridized carbons (Fsp3) is 0.562. The molecule has 8 heteroatoms. The molecule has 0 radical (unpaired) electrons. The molecule has 1 atom stereocenters. The second kappa shape index (κ2) is 11.4. The number of guanidine groups is 1. The molecule has 1 fully saturated rings. The van der Waals surface area contributed by atoms with Gasteiger partial charge in [-0.15, -0.1) is 24.0 Å². The molecule has 136 valence electrons. The topological polar surface area (TPSA) is 54.9 Å². The third kappa shape index (κ3) is 7.16. The van der Waals surface area contributed by atoms with E-state index in [9.17, 15) is 8.78 Å². The molecule has 0 aliphatic carbocycles. The molecular weight excluding hydrogens is 431 g/mol. The van der Waals surface area contributed by atoms with Gasteiger partial charge in [0.1, 0.15) is 12.4 Å². The van der Waals surface area contributed by atoms with Crippen molar-refractivity contribution in [3.63, 3.8) is 0 Å². The largest absolute Gasteiger partial charge is 0.492 e. The Morgan fingerprint density at radius 3 is 2.83 bits per heavy atom. The lowest BCUT2D eigenvalue weighted by molar-refractivity contribution is 0.117. The van der Waals surface area contributed by atoms with E-state index in [0.717, 1.165) is 38.1 Å². The monoisotopic (exact) mass is 455 g/mol. The summed E-state index contributed by atoms with van der Waals surface area (Å²) in [6, 6.07) is 3.48. The van der Waals surface area contributed by atoms with Gasteiger partial charge in [0.25, 0.3) is 0 Å². The van der Waals surface area contributed by atoms with E-state index in [4.69, 9.17) is 9.47 Å². The van der Waals surface area contributed by atoms with Crippen molar-refractivity contribution in [1.82, 2.24) is 10.6 Å². The lowest BCUT2D eigenvalue weighted by atomic mass is 10.2. The first-order chi connectivity index (χ1) is 11.2. The maximum atomic E-state index is 13.1. The van der Waals surface area contributed by atoms with E-state index in [2.05, 4.69) is 15.6 Å². The lowest BCUT2D eigenvalue weighted by Crippen LogP contribution is -2.39. The number of ether oxygens (including phenoxy) is 2. The number of benzene rings is 1. The molecule has 0 saturated carbocycles. The molecule has 0 bridgehead atoms. The summed E-state index contributed by atoms with van der Waals surface area (Å²) in [6.45, 7) is 4.99. The minimum absolute atomic E-state index is 0. The van der Waals surface area contributed by atoms with E-state index in [1.807, 2.05) is 6.92 Å².